The third-order valence-corrected chi connectivity index (χ3v) is 8.88. The van der Waals surface area contributed by atoms with Crippen molar-refractivity contribution in [3.8, 4) is 0 Å². The minimum Gasteiger partial charge on any atom is -0.310 e. The Bertz CT molecular complexity index is 1480. The van der Waals surface area contributed by atoms with E-state index in [9.17, 15) is 14.4 Å². The first-order chi connectivity index (χ1) is 19.6. The van der Waals surface area contributed by atoms with E-state index in [0.717, 1.165) is 35.2 Å². The van der Waals surface area contributed by atoms with Crippen molar-refractivity contribution in [1.29, 1.82) is 0 Å². The first-order valence-electron chi connectivity index (χ1n) is 14.4. The topological polar surface area (TPSA) is 85.8 Å². The number of aromatic nitrogens is 1. The Morgan fingerprint density at radius 3 is 2.37 bits per heavy atom. The van der Waals surface area contributed by atoms with E-state index in [1.807, 2.05) is 65.6 Å². The van der Waals surface area contributed by atoms with Gasteiger partial charge in [-0.2, -0.15) is 0 Å². The highest BCUT2D eigenvalue weighted by molar-refractivity contribution is 6.23. The van der Waals surface area contributed by atoms with Gasteiger partial charge in [0, 0.05) is 42.6 Å². The Balaban J connectivity index is 1.34. The number of carbonyl (C=O) groups is 3. The SMILES string of the molecule is CC1(C)CN(C(=O)C(NC2CCC2)c2ccccc2)c2cc(N3C(=O)N(Cc4ccncc4)C(C)(C)C3=O)ccc21. The third-order valence-electron chi connectivity index (χ3n) is 8.88. The zero-order chi connectivity index (χ0) is 28.9. The molecule has 1 N–H and O–H groups in total. The summed E-state index contributed by atoms with van der Waals surface area (Å²) in [4.78, 5) is 50.5. The van der Waals surface area contributed by atoms with Crippen LogP contribution in [0.1, 0.15) is 69.7 Å². The molecule has 1 saturated heterocycles. The Kier molecular flexibility index (Phi) is 6.69. The lowest BCUT2D eigenvalue weighted by Crippen LogP contribution is -2.47. The number of carbonyl (C=O) groups excluding carboxylic acids is 3. The highest BCUT2D eigenvalue weighted by Gasteiger charge is 2.52. The van der Waals surface area contributed by atoms with Crippen LogP contribution >= 0.6 is 0 Å². The van der Waals surface area contributed by atoms with Crippen molar-refractivity contribution in [2.75, 3.05) is 16.3 Å². The summed E-state index contributed by atoms with van der Waals surface area (Å²) in [6.07, 6.45) is 6.65. The summed E-state index contributed by atoms with van der Waals surface area (Å²) >= 11 is 0. The number of imide groups is 1. The van der Waals surface area contributed by atoms with Crippen LogP contribution in [0.4, 0.5) is 16.2 Å². The summed E-state index contributed by atoms with van der Waals surface area (Å²) in [5.41, 5.74) is 2.77. The number of hydrogen-bond donors (Lipinski definition) is 1. The molecule has 212 valence electrons. The van der Waals surface area contributed by atoms with Gasteiger partial charge in [-0.05, 0) is 67.6 Å². The summed E-state index contributed by atoms with van der Waals surface area (Å²) in [6, 6.07) is 18.7. The smallest absolute Gasteiger partial charge is 0.310 e. The normalized spacial score (nSPS) is 20.2. The van der Waals surface area contributed by atoms with Crippen LogP contribution in [0, 0.1) is 0 Å². The molecule has 2 aromatic carbocycles. The van der Waals surface area contributed by atoms with Crippen LogP contribution in [0.25, 0.3) is 0 Å². The van der Waals surface area contributed by atoms with Gasteiger partial charge in [0.25, 0.3) is 5.91 Å². The molecule has 1 atom stereocenters. The van der Waals surface area contributed by atoms with Crippen molar-refractivity contribution in [3.05, 3.63) is 89.7 Å². The maximum absolute atomic E-state index is 14.3. The van der Waals surface area contributed by atoms with Crippen molar-refractivity contribution in [3.63, 3.8) is 0 Å². The molecule has 3 aromatic rings. The van der Waals surface area contributed by atoms with E-state index in [0.29, 0.717) is 24.8 Å². The molecule has 8 heteroatoms. The second-order valence-corrected chi connectivity index (χ2v) is 12.6. The lowest BCUT2D eigenvalue weighted by Gasteiger charge is -2.33. The maximum atomic E-state index is 14.3. The van der Waals surface area contributed by atoms with Gasteiger partial charge in [-0.3, -0.25) is 19.9 Å². The van der Waals surface area contributed by atoms with Crippen LogP contribution in [0.2, 0.25) is 0 Å². The van der Waals surface area contributed by atoms with Crippen molar-refractivity contribution >= 4 is 29.2 Å². The summed E-state index contributed by atoms with van der Waals surface area (Å²) in [5, 5.41) is 3.61. The molecule has 4 amide bonds. The molecule has 41 heavy (non-hydrogen) atoms. The van der Waals surface area contributed by atoms with Gasteiger partial charge in [0.1, 0.15) is 11.6 Å². The zero-order valence-corrected chi connectivity index (χ0v) is 24.1. The fourth-order valence-corrected chi connectivity index (χ4v) is 6.14. The van der Waals surface area contributed by atoms with E-state index in [1.165, 1.54) is 11.3 Å². The van der Waals surface area contributed by atoms with E-state index in [4.69, 9.17) is 0 Å². The standard InChI is InChI=1S/C33H37N5O3/c1-32(2)21-36(29(39)28(35-24-11-8-12-24)23-9-6-5-7-10-23)27-19-25(13-14-26(27)32)38-30(40)33(3,4)37(31(38)41)20-22-15-17-34-18-16-22/h5-7,9-10,13-19,24,28,35H,8,11-12,20-21H2,1-4H3. The van der Waals surface area contributed by atoms with Crippen molar-refractivity contribution < 1.29 is 14.4 Å². The van der Waals surface area contributed by atoms with Crippen LogP contribution in [0.5, 0.6) is 0 Å². The molecule has 6 rings (SSSR count). The van der Waals surface area contributed by atoms with E-state index in [2.05, 4.69) is 24.1 Å². The highest BCUT2D eigenvalue weighted by Crippen LogP contribution is 2.45. The molecular formula is C33H37N5O3. The van der Waals surface area contributed by atoms with Crippen LogP contribution < -0.4 is 15.1 Å². The molecule has 2 fully saturated rings. The highest BCUT2D eigenvalue weighted by atomic mass is 16.2. The molecule has 3 heterocycles. The minimum absolute atomic E-state index is 0.0224. The lowest BCUT2D eigenvalue weighted by molar-refractivity contribution is -0.123. The van der Waals surface area contributed by atoms with E-state index in [1.54, 1.807) is 31.1 Å². The molecule has 1 unspecified atom stereocenters. The quantitative estimate of drug-likeness (QED) is 0.401. The average molecular weight is 552 g/mol. The van der Waals surface area contributed by atoms with E-state index < -0.39 is 11.6 Å². The predicted molar refractivity (Wildman–Crippen MR) is 159 cm³/mol. The molecule has 1 saturated carbocycles. The number of amides is 4. The van der Waals surface area contributed by atoms with Gasteiger partial charge in [0.05, 0.1) is 5.69 Å². The average Bonchev–Trinajstić information content (AvgIpc) is 3.30. The van der Waals surface area contributed by atoms with Crippen LogP contribution in [-0.4, -0.2) is 45.9 Å². The molecule has 3 aliphatic rings. The summed E-state index contributed by atoms with van der Waals surface area (Å²) in [7, 11) is 0. The Hall–Kier alpha value is -4.04. The zero-order valence-electron chi connectivity index (χ0n) is 24.1. The summed E-state index contributed by atoms with van der Waals surface area (Å²) < 4.78 is 0. The Labute approximate surface area is 241 Å². The largest absolute Gasteiger partial charge is 0.332 e. The maximum Gasteiger partial charge on any atom is 0.332 e. The monoisotopic (exact) mass is 551 g/mol. The van der Waals surface area contributed by atoms with E-state index in [-0.39, 0.29) is 23.3 Å². The van der Waals surface area contributed by atoms with Gasteiger partial charge in [0.2, 0.25) is 5.91 Å². The predicted octanol–water partition coefficient (Wildman–Crippen LogP) is 5.34. The van der Waals surface area contributed by atoms with E-state index >= 15 is 0 Å². The summed E-state index contributed by atoms with van der Waals surface area (Å²) in [6.45, 7) is 8.62. The van der Waals surface area contributed by atoms with Crippen molar-refractivity contribution in [2.24, 2.45) is 0 Å². The number of urea groups is 1. The molecule has 1 aromatic heterocycles. The number of rotatable bonds is 7. The second-order valence-electron chi connectivity index (χ2n) is 12.6. The van der Waals surface area contributed by atoms with Gasteiger partial charge in [-0.1, -0.05) is 56.7 Å². The van der Waals surface area contributed by atoms with Crippen molar-refractivity contribution in [2.45, 2.75) is 76.5 Å². The van der Waals surface area contributed by atoms with Crippen LogP contribution in [-0.2, 0) is 21.5 Å². The molecule has 0 bridgehead atoms. The second kappa shape index (κ2) is 10.1. The van der Waals surface area contributed by atoms with Crippen molar-refractivity contribution in [1.82, 2.24) is 15.2 Å². The molecule has 1 aliphatic carbocycles. The summed E-state index contributed by atoms with van der Waals surface area (Å²) in [5.74, 6) is -0.314. The third kappa shape index (κ3) is 4.70. The Morgan fingerprint density at radius 1 is 1.00 bits per heavy atom. The number of fused-ring (bicyclic) bond motifs is 1. The Morgan fingerprint density at radius 2 is 1.71 bits per heavy atom. The fraction of sp³-hybridized carbons (Fsp3) is 0.394. The number of benzene rings is 2. The number of nitrogens with one attached hydrogen (secondary N) is 1. The molecule has 0 radical (unpaired) electrons. The van der Waals surface area contributed by atoms with Gasteiger partial charge >= 0.3 is 6.03 Å². The molecule has 8 nitrogen and oxygen atoms in total. The number of nitrogens with zero attached hydrogens (tertiary/aromatic N) is 4. The molecular weight excluding hydrogens is 514 g/mol. The first kappa shape index (κ1) is 27.1. The van der Waals surface area contributed by atoms with Crippen LogP contribution in [0.3, 0.4) is 0 Å². The lowest BCUT2D eigenvalue weighted by atomic mass is 9.87. The van der Waals surface area contributed by atoms with Gasteiger partial charge in [-0.25, -0.2) is 9.69 Å². The number of hydrogen-bond acceptors (Lipinski definition) is 5. The molecule has 2 aliphatic heterocycles. The minimum atomic E-state index is -1.03. The van der Waals surface area contributed by atoms with Gasteiger partial charge in [-0.15, -0.1) is 0 Å². The van der Waals surface area contributed by atoms with Crippen LogP contribution in [0.15, 0.2) is 73.1 Å². The van der Waals surface area contributed by atoms with Gasteiger partial charge < -0.3 is 9.80 Å². The first-order valence-corrected chi connectivity index (χ1v) is 14.4. The fourth-order valence-electron chi connectivity index (χ4n) is 6.14. The molecule has 0 spiro atoms. The number of anilines is 2. The number of pyridine rings is 1. The van der Waals surface area contributed by atoms with Gasteiger partial charge in [0.15, 0.2) is 0 Å².